The molecule has 0 amide bonds. The molecule has 0 radical (unpaired) electrons. The standard InChI is InChI=1S/C16H27N3O/c1-11-4-6-14(8-12(11)2)15(19-17)9-13-5-7-16(20-3)18-10-13/h5,7,10-12,14-15,19H,4,6,8-9,17H2,1-3H3. The van der Waals surface area contributed by atoms with E-state index in [-0.39, 0.29) is 0 Å². The molecule has 0 saturated heterocycles. The molecule has 0 aromatic carbocycles. The molecule has 1 aromatic rings. The van der Waals surface area contributed by atoms with E-state index in [2.05, 4.69) is 30.3 Å². The van der Waals surface area contributed by atoms with Crippen LogP contribution < -0.4 is 16.0 Å². The average molecular weight is 277 g/mol. The Labute approximate surface area is 122 Å². The van der Waals surface area contributed by atoms with Crippen LogP contribution >= 0.6 is 0 Å². The van der Waals surface area contributed by atoms with Crippen molar-refractivity contribution in [1.82, 2.24) is 10.4 Å². The number of aromatic nitrogens is 1. The molecule has 1 aromatic heterocycles. The summed E-state index contributed by atoms with van der Waals surface area (Å²) in [6, 6.07) is 4.32. The Morgan fingerprint density at radius 1 is 1.35 bits per heavy atom. The SMILES string of the molecule is COc1ccc(CC(NN)C2CCC(C)C(C)C2)cn1. The minimum Gasteiger partial charge on any atom is -0.481 e. The lowest BCUT2D eigenvalue weighted by atomic mass is 9.72. The summed E-state index contributed by atoms with van der Waals surface area (Å²) in [5.74, 6) is 8.74. The van der Waals surface area contributed by atoms with Crippen LogP contribution in [0.4, 0.5) is 0 Å². The summed E-state index contributed by atoms with van der Waals surface area (Å²) in [7, 11) is 1.64. The van der Waals surface area contributed by atoms with Crippen LogP contribution in [0, 0.1) is 17.8 Å². The molecule has 112 valence electrons. The van der Waals surface area contributed by atoms with Gasteiger partial charge in [0.25, 0.3) is 0 Å². The fourth-order valence-electron chi connectivity index (χ4n) is 3.22. The lowest BCUT2D eigenvalue weighted by Gasteiger charge is -2.36. The summed E-state index contributed by atoms with van der Waals surface area (Å²) in [6.07, 6.45) is 6.66. The van der Waals surface area contributed by atoms with Crippen molar-refractivity contribution >= 4 is 0 Å². The summed E-state index contributed by atoms with van der Waals surface area (Å²) in [5, 5.41) is 0. The predicted octanol–water partition coefficient (Wildman–Crippen LogP) is 2.54. The van der Waals surface area contributed by atoms with Crippen molar-refractivity contribution < 1.29 is 4.74 Å². The zero-order valence-electron chi connectivity index (χ0n) is 12.8. The molecule has 4 atom stereocenters. The van der Waals surface area contributed by atoms with Crippen molar-refractivity contribution in [2.24, 2.45) is 23.6 Å². The Balaban J connectivity index is 1.97. The summed E-state index contributed by atoms with van der Waals surface area (Å²) < 4.78 is 5.09. The maximum atomic E-state index is 5.79. The van der Waals surface area contributed by atoms with Crippen molar-refractivity contribution in [3.05, 3.63) is 23.9 Å². The molecule has 4 heteroatoms. The van der Waals surface area contributed by atoms with Gasteiger partial charge in [0.15, 0.2) is 0 Å². The van der Waals surface area contributed by atoms with Crippen LogP contribution in [0.1, 0.15) is 38.7 Å². The number of hydrazine groups is 1. The molecule has 4 unspecified atom stereocenters. The lowest BCUT2D eigenvalue weighted by molar-refractivity contribution is 0.170. The summed E-state index contributed by atoms with van der Waals surface area (Å²) in [6.45, 7) is 4.72. The second kappa shape index (κ2) is 7.04. The number of nitrogens with two attached hydrogens (primary N) is 1. The molecular weight excluding hydrogens is 250 g/mol. The van der Waals surface area contributed by atoms with E-state index in [1.807, 2.05) is 12.3 Å². The highest BCUT2D eigenvalue weighted by Gasteiger charge is 2.29. The summed E-state index contributed by atoms with van der Waals surface area (Å²) in [4.78, 5) is 4.27. The monoisotopic (exact) mass is 277 g/mol. The number of pyridine rings is 1. The van der Waals surface area contributed by atoms with Gasteiger partial charge in [0, 0.05) is 18.3 Å². The van der Waals surface area contributed by atoms with E-state index in [1.54, 1.807) is 7.11 Å². The molecule has 1 aliphatic rings. The number of nitrogens with zero attached hydrogens (tertiary/aromatic N) is 1. The van der Waals surface area contributed by atoms with Gasteiger partial charge in [0.1, 0.15) is 0 Å². The highest BCUT2D eigenvalue weighted by molar-refractivity contribution is 5.18. The van der Waals surface area contributed by atoms with Crippen molar-refractivity contribution in [2.45, 2.75) is 45.6 Å². The molecule has 3 N–H and O–H groups in total. The Morgan fingerprint density at radius 3 is 2.70 bits per heavy atom. The first-order valence-corrected chi connectivity index (χ1v) is 7.59. The van der Waals surface area contributed by atoms with E-state index >= 15 is 0 Å². The second-order valence-corrected chi connectivity index (χ2v) is 6.21. The number of hydrogen-bond acceptors (Lipinski definition) is 4. The summed E-state index contributed by atoms with van der Waals surface area (Å²) >= 11 is 0. The van der Waals surface area contributed by atoms with Gasteiger partial charge >= 0.3 is 0 Å². The largest absolute Gasteiger partial charge is 0.481 e. The van der Waals surface area contributed by atoms with E-state index in [1.165, 1.54) is 24.8 Å². The first kappa shape index (κ1) is 15.3. The van der Waals surface area contributed by atoms with Crippen LogP contribution in [0.25, 0.3) is 0 Å². The van der Waals surface area contributed by atoms with E-state index in [4.69, 9.17) is 10.6 Å². The van der Waals surface area contributed by atoms with Crippen LogP contribution in [0.2, 0.25) is 0 Å². The number of hydrogen-bond donors (Lipinski definition) is 2. The van der Waals surface area contributed by atoms with Gasteiger partial charge in [0.05, 0.1) is 7.11 Å². The maximum Gasteiger partial charge on any atom is 0.212 e. The molecule has 0 bridgehead atoms. The molecule has 0 aliphatic heterocycles. The lowest BCUT2D eigenvalue weighted by Crippen LogP contribution is -2.44. The topological polar surface area (TPSA) is 60.2 Å². The smallest absolute Gasteiger partial charge is 0.212 e. The fraction of sp³-hybridized carbons (Fsp3) is 0.688. The van der Waals surface area contributed by atoms with Crippen LogP contribution in [0.3, 0.4) is 0 Å². The third-order valence-corrected chi connectivity index (χ3v) is 4.88. The van der Waals surface area contributed by atoms with E-state index in [9.17, 15) is 0 Å². The Bertz CT molecular complexity index is 407. The molecule has 1 aliphatic carbocycles. The van der Waals surface area contributed by atoms with Gasteiger partial charge in [-0.2, -0.15) is 0 Å². The molecule has 2 rings (SSSR count). The predicted molar refractivity (Wildman–Crippen MR) is 81.3 cm³/mol. The molecule has 20 heavy (non-hydrogen) atoms. The first-order chi connectivity index (χ1) is 9.63. The molecule has 1 fully saturated rings. The normalized spacial score (nSPS) is 28.1. The van der Waals surface area contributed by atoms with Gasteiger partial charge in [-0.05, 0) is 42.6 Å². The van der Waals surface area contributed by atoms with Gasteiger partial charge in [-0.15, -0.1) is 0 Å². The van der Waals surface area contributed by atoms with E-state index < -0.39 is 0 Å². The van der Waals surface area contributed by atoms with Gasteiger partial charge in [-0.3, -0.25) is 11.3 Å². The van der Waals surface area contributed by atoms with Crippen molar-refractivity contribution in [3.63, 3.8) is 0 Å². The molecule has 0 spiro atoms. The van der Waals surface area contributed by atoms with Gasteiger partial charge < -0.3 is 4.74 Å². The Morgan fingerprint density at radius 2 is 2.15 bits per heavy atom. The first-order valence-electron chi connectivity index (χ1n) is 7.59. The van der Waals surface area contributed by atoms with Crippen LogP contribution in [0.5, 0.6) is 5.88 Å². The molecule has 4 nitrogen and oxygen atoms in total. The highest BCUT2D eigenvalue weighted by atomic mass is 16.5. The summed E-state index contributed by atoms with van der Waals surface area (Å²) in [5.41, 5.74) is 4.23. The fourth-order valence-corrected chi connectivity index (χ4v) is 3.22. The number of nitrogens with one attached hydrogen (secondary N) is 1. The van der Waals surface area contributed by atoms with Crippen molar-refractivity contribution in [1.29, 1.82) is 0 Å². The Hall–Kier alpha value is -1.13. The second-order valence-electron chi connectivity index (χ2n) is 6.21. The van der Waals surface area contributed by atoms with Crippen LogP contribution in [-0.4, -0.2) is 18.1 Å². The van der Waals surface area contributed by atoms with Gasteiger partial charge in [-0.1, -0.05) is 26.3 Å². The number of ether oxygens (including phenoxy) is 1. The van der Waals surface area contributed by atoms with Crippen molar-refractivity contribution in [3.8, 4) is 5.88 Å². The zero-order chi connectivity index (χ0) is 14.5. The number of methoxy groups -OCH3 is 1. The average Bonchev–Trinajstić information content (AvgIpc) is 2.48. The number of rotatable bonds is 5. The highest BCUT2D eigenvalue weighted by Crippen LogP contribution is 2.35. The quantitative estimate of drug-likeness (QED) is 0.641. The van der Waals surface area contributed by atoms with Crippen LogP contribution in [0.15, 0.2) is 18.3 Å². The van der Waals surface area contributed by atoms with Crippen LogP contribution in [-0.2, 0) is 6.42 Å². The Kier molecular flexibility index (Phi) is 5.38. The van der Waals surface area contributed by atoms with E-state index in [0.29, 0.717) is 17.8 Å². The zero-order valence-corrected chi connectivity index (χ0v) is 12.8. The maximum absolute atomic E-state index is 5.79. The molecule has 1 heterocycles. The third-order valence-electron chi connectivity index (χ3n) is 4.88. The minimum absolute atomic E-state index is 0.333. The molecular formula is C16H27N3O. The van der Waals surface area contributed by atoms with Crippen molar-refractivity contribution in [2.75, 3.05) is 7.11 Å². The molecule has 1 saturated carbocycles. The van der Waals surface area contributed by atoms with Gasteiger partial charge in [0.2, 0.25) is 5.88 Å². The minimum atomic E-state index is 0.333. The van der Waals surface area contributed by atoms with E-state index in [0.717, 1.165) is 18.3 Å². The third kappa shape index (κ3) is 3.70. The van der Waals surface area contributed by atoms with Gasteiger partial charge in [-0.25, -0.2) is 4.98 Å².